The Hall–Kier alpha value is -2.63. The number of piperidine rings is 1. The third-order valence-corrected chi connectivity index (χ3v) is 4.07. The fraction of sp³-hybridized carbons (Fsp3) is 0.353. The number of amides is 2. The Labute approximate surface area is 134 Å². The molecule has 1 atom stereocenters. The SMILES string of the molecule is Cc1nc(-c2ccco2)ccc1C(=O)N[C@@H]1CCC(=O)N(C)C1. The predicted molar refractivity (Wildman–Crippen MR) is 84.8 cm³/mol. The molecule has 2 aromatic heterocycles. The third-order valence-electron chi connectivity index (χ3n) is 4.07. The lowest BCUT2D eigenvalue weighted by Gasteiger charge is -2.30. The topological polar surface area (TPSA) is 75.4 Å². The molecular formula is C17H19N3O3. The van der Waals surface area contributed by atoms with Crippen LogP contribution in [-0.4, -0.2) is 41.3 Å². The maximum atomic E-state index is 12.4. The van der Waals surface area contributed by atoms with Crippen LogP contribution in [0.2, 0.25) is 0 Å². The van der Waals surface area contributed by atoms with Gasteiger partial charge in [-0.3, -0.25) is 9.59 Å². The summed E-state index contributed by atoms with van der Waals surface area (Å²) in [5, 5.41) is 2.98. The van der Waals surface area contributed by atoms with Crippen LogP contribution in [0.1, 0.15) is 28.9 Å². The number of aryl methyl sites for hydroxylation is 1. The number of pyridine rings is 1. The molecule has 0 aromatic carbocycles. The van der Waals surface area contributed by atoms with Crippen LogP contribution < -0.4 is 5.32 Å². The molecule has 3 heterocycles. The van der Waals surface area contributed by atoms with E-state index in [1.165, 1.54) is 0 Å². The molecule has 2 amide bonds. The maximum Gasteiger partial charge on any atom is 0.253 e. The van der Waals surface area contributed by atoms with E-state index in [0.717, 1.165) is 0 Å². The van der Waals surface area contributed by atoms with E-state index in [1.54, 1.807) is 43.3 Å². The first kappa shape index (κ1) is 15.3. The van der Waals surface area contributed by atoms with Gasteiger partial charge in [0.25, 0.3) is 5.91 Å². The zero-order valence-corrected chi connectivity index (χ0v) is 13.2. The largest absolute Gasteiger partial charge is 0.463 e. The van der Waals surface area contributed by atoms with E-state index in [0.29, 0.717) is 42.1 Å². The number of likely N-dealkylation sites (tertiary alicyclic amines) is 1. The van der Waals surface area contributed by atoms with Crippen LogP contribution >= 0.6 is 0 Å². The average molecular weight is 313 g/mol. The summed E-state index contributed by atoms with van der Waals surface area (Å²) in [5.74, 6) is 0.636. The smallest absolute Gasteiger partial charge is 0.253 e. The molecule has 23 heavy (non-hydrogen) atoms. The minimum absolute atomic E-state index is 0.0191. The first-order valence-corrected chi connectivity index (χ1v) is 7.61. The van der Waals surface area contributed by atoms with Gasteiger partial charge in [-0.15, -0.1) is 0 Å². The monoisotopic (exact) mass is 313 g/mol. The minimum atomic E-state index is -0.159. The second-order valence-electron chi connectivity index (χ2n) is 5.79. The van der Waals surface area contributed by atoms with Crippen LogP contribution in [-0.2, 0) is 4.79 Å². The number of likely N-dealkylation sites (N-methyl/N-ethyl adjacent to an activating group) is 1. The van der Waals surface area contributed by atoms with Crippen LogP contribution in [0, 0.1) is 6.92 Å². The summed E-state index contributed by atoms with van der Waals surface area (Å²) < 4.78 is 5.32. The molecule has 6 nitrogen and oxygen atoms in total. The van der Waals surface area contributed by atoms with E-state index in [4.69, 9.17) is 4.42 Å². The van der Waals surface area contributed by atoms with Gasteiger partial charge in [-0.05, 0) is 37.6 Å². The summed E-state index contributed by atoms with van der Waals surface area (Å²) in [6.07, 6.45) is 2.73. The van der Waals surface area contributed by atoms with E-state index in [-0.39, 0.29) is 17.9 Å². The number of furan rings is 1. The van der Waals surface area contributed by atoms with Crippen LogP contribution in [0.4, 0.5) is 0 Å². The average Bonchev–Trinajstić information content (AvgIpc) is 3.05. The van der Waals surface area contributed by atoms with E-state index >= 15 is 0 Å². The number of hydrogen-bond donors (Lipinski definition) is 1. The second-order valence-corrected chi connectivity index (χ2v) is 5.79. The third kappa shape index (κ3) is 3.26. The molecule has 1 aliphatic heterocycles. The number of aromatic nitrogens is 1. The van der Waals surface area contributed by atoms with Crippen LogP contribution in [0.3, 0.4) is 0 Å². The minimum Gasteiger partial charge on any atom is -0.463 e. The summed E-state index contributed by atoms with van der Waals surface area (Å²) in [4.78, 5) is 30.0. The highest BCUT2D eigenvalue weighted by atomic mass is 16.3. The second kappa shape index (κ2) is 6.24. The van der Waals surface area contributed by atoms with Gasteiger partial charge in [0, 0.05) is 26.1 Å². The normalized spacial score (nSPS) is 18.1. The number of nitrogens with one attached hydrogen (secondary N) is 1. The lowest BCUT2D eigenvalue weighted by molar-refractivity contribution is -0.132. The summed E-state index contributed by atoms with van der Waals surface area (Å²) in [6.45, 7) is 2.35. The Morgan fingerprint density at radius 1 is 1.39 bits per heavy atom. The molecule has 0 spiro atoms. The lowest BCUT2D eigenvalue weighted by Crippen LogP contribution is -2.48. The first-order valence-electron chi connectivity index (χ1n) is 7.61. The zero-order valence-electron chi connectivity index (χ0n) is 13.2. The number of carbonyl (C=O) groups is 2. The van der Waals surface area contributed by atoms with Gasteiger partial charge in [0.05, 0.1) is 17.5 Å². The Bertz CT molecular complexity index is 725. The maximum absolute atomic E-state index is 12.4. The molecular weight excluding hydrogens is 294 g/mol. The molecule has 0 aliphatic carbocycles. The highest BCUT2D eigenvalue weighted by Crippen LogP contribution is 2.19. The Kier molecular flexibility index (Phi) is 4.14. The van der Waals surface area contributed by atoms with Gasteiger partial charge in [0.15, 0.2) is 5.76 Å². The van der Waals surface area contributed by atoms with Crippen molar-refractivity contribution >= 4 is 11.8 Å². The molecule has 120 valence electrons. The molecule has 1 N–H and O–H groups in total. The van der Waals surface area contributed by atoms with Crippen molar-refractivity contribution in [3.63, 3.8) is 0 Å². The molecule has 0 saturated carbocycles. The van der Waals surface area contributed by atoms with Crippen molar-refractivity contribution in [2.45, 2.75) is 25.8 Å². The van der Waals surface area contributed by atoms with Crippen molar-refractivity contribution in [2.24, 2.45) is 0 Å². The van der Waals surface area contributed by atoms with Crippen molar-refractivity contribution in [3.05, 3.63) is 41.8 Å². The van der Waals surface area contributed by atoms with Crippen LogP contribution in [0.15, 0.2) is 34.9 Å². The van der Waals surface area contributed by atoms with Crippen molar-refractivity contribution in [3.8, 4) is 11.5 Å². The Morgan fingerprint density at radius 2 is 2.22 bits per heavy atom. The van der Waals surface area contributed by atoms with Crippen molar-refractivity contribution in [1.82, 2.24) is 15.2 Å². The summed E-state index contributed by atoms with van der Waals surface area (Å²) in [7, 11) is 1.76. The van der Waals surface area contributed by atoms with Gasteiger partial charge in [-0.25, -0.2) is 4.98 Å². The number of hydrogen-bond acceptors (Lipinski definition) is 4. The molecule has 0 unspecified atom stereocenters. The van der Waals surface area contributed by atoms with Gasteiger partial charge in [0.1, 0.15) is 5.69 Å². The fourth-order valence-corrected chi connectivity index (χ4v) is 2.76. The van der Waals surface area contributed by atoms with Gasteiger partial charge >= 0.3 is 0 Å². The van der Waals surface area contributed by atoms with Crippen LogP contribution in [0.25, 0.3) is 11.5 Å². The fourth-order valence-electron chi connectivity index (χ4n) is 2.76. The van der Waals surface area contributed by atoms with E-state index < -0.39 is 0 Å². The predicted octanol–water partition coefficient (Wildman–Crippen LogP) is 2.00. The number of nitrogens with zero attached hydrogens (tertiary/aromatic N) is 2. The number of rotatable bonds is 3. The molecule has 3 rings (SSSR count). The highest BCUT2D eigenvalue weighted by molar-refractivity contribution is 5.95. The van der Waals surface area contributed by atoms with E-state index in [2.05, 4.69) is 10.3 Å². The zero-order chi connectivity index (χ0) is 16.4. The Balaban J connectivity index is 1.71. The number of carbonyl (C=O) groups excluding carboxylic acids is 2. The molecule has 0 radical (unpaired) electrons. The standard InChI is InChI=1S/C17H19N3O3/c1-11-13(6-7-14(18-11)15-4-3-9-23-15)17(22)19-12-5-8-16(21)20(2)10-12/h3-4,6-7,9,12H,5,8,10H2,1-2H3,(H,19,22)/t12-/m1/s1. The molecule has 1 fully saturated rings. The summed E-state index contributed by atoms with van der Waals surface area (Å²) in [6, 6.07) is 7.14. The van der Waals surface area contributed by atoms with E-state index in [1.807, 2.05) is 6.07 Å². The van der Waals surface area contributed by atoms with Gasteiger partial charge in [-0.2, -0.15) is 0 Å². The molecule has 1 saturated heterocycles. The van der Waals surface area contributed by atoms with Crippen LogP contribution in [0.5, 0.6) is 0 Å². The first-order chi connectivity index (χ1) is 11.0. The lowest BCUT2D eigenvalue weighted by atomic mass is 10.0. The van der Waals surface area contributed by atoms with E-state index in [9.17, 15) is 9.59 Å². The van der Waals surface area contributed by atoms with Gasteiger partial charge < -0.3 is 14.6 Å². The van der Waals surface area contributed by atoms with Crippen molar-refractivity contribution < 1.29 is 14.0 Å². The van der Waals surface area contributed by atoms with Crippen molar-refractivity contribution in [2.75, 3.05) is 13.6 Å². The quantitative estimate of drug-likeness (QED) is 0.940. The molecule has 2 aromatic rings. The Morgan fingerprint density at radius 3 is 2.87 bits per heavy atom. The summed E-state index contributed by atoms with van der Waals surface area (Å²) in [5.41, 5.74) is 1.89. The molecule has 0 bridgehead atoms. The summed E-state index contributed by atoms with van der Waals surface area (Å²) >= 11 is 0. The molecule has 6 heteroatoms. The highest BCUT2D eigenvalue weighted by Gasteiger charge is 2.25. The molecule has 1 aliphatic rings. The van der Waals surface area contributed by atoms with Crippen molar-refractivity contribution in [1.29, 1.82) is 0 Å². The van der Waals surface area contributed by atoms with Gasteiger partial charge in [-0.1, -0.05) is 0 Å². The van der Waals surface area contributed by atoms with Gasteiger partial charge in [0.2, 0.25) is 5.91 Å².